The van der Waals surface area contributed by atoms with Gasteiger partial charge in [0.25, 0.3) is 0 Å². The largest absolute Gasteiger partial charge is 0.329 e. The summed E-state index contributed by atoms with van der Waals surface area (Å²) in [7, 11) is 0. The molecule has 4 heteroatoms. The van der Waals surface area contributed by atoms with Gasteiger partial charge in [-0.25, -0.2) is 4.98 Å². The maximum Gasteiger partial charge on any atom is 0.184 e. The van der Waals surface area contributed by atoms with Crippen molar-refractivity contribution in [3.05, 3.63) is 51.9 Å². The van der Waals surface area contributed by atoms with Crippen LogP contribution in [0.2, 0.25) is 0 Å². The number of nitrogens with one attached hydrogen (secondary N) is 1. The van der Waals surface area contributed by atoms with Gasteiger partial charge in [0.05, 0.1) is 11.2 Å². The topological polar surface area (TPSA) is 33.6 Å². The highest BCUT2D eigenvalue weighted by Crippen LogP contribution is 2.26. The molecule has 20 heavy (non-hydrogen) atoms. The molecule has 0 amide bonds. The van der Waals surface area contributed by atoms with Crippen molar-refractivity contribution in [2.24, 2.45) is 0 Å². The first-order valence-electron chi connectivity index (χ1n) is 6.92. The van der Waals surface area contributed by atoms with Crippen molar-refractivity contribution in [1.29, 1.82) is 0 Å². The lowest BCUT2D eigenvalue weighted by molar-refractivity contribution is 0.911. The molecule has 0 unspecified atom stereocenters. The van der Waals surface area contributed by atoms with Crippen LogP contribution < -0.4 is 0 Å². The molecule has 0 saturated carbocycles. The van der Waals surface area contributed by atoms with E-state index in [1.165, 1.54) is 36.0 Å². The molecule has 0 fully saturated rings. The number of nitrogens with zero attached hydrogens (tertiary/aromatic N) is 2. The Labute approximate surface area is 122 Å². The molecule has 0 saturated heterocycles. The summed E-state index contributed by atoms with van der Waals surface area (Å²) in [6.07, 6.45) is 5.47. The number of fused-ring (bicyclic) bond motifs is 2. The van der Waals surface area contributed by atoms with Gasteiger partial charge in [-0.2, -0.15) is 0 Å². The average Bonchev–Trinajstić information content (AvgIpc) is 3.02. The molecular formula is C16H15N3S. The molecule has 0 atom stereocenters. The smallest absolute Gasteiger partial charge is 0.184 e. The molecule has 0 radical (unpaired) electrons. The van der Waals surface area contributed by atoms with Crippen molar-refractivity contribution in [1.82, 2.24) is 14.5 Å². The Hall–Kier alpha value is -1.94. The number of aryl methyl sites for hydroxylation is 3. The van der Waals surface area contributed by atoms with Crippen molar-refractivity contribution in [3.8, 4) is 5.69 Å². The summed E-state index contributed by atoms with van der Waals surface area (Å²) in [6, 6.07) is 8.64. The fourth-order valence-corrected chi connectivity index (χ4v) is 3.36. The normalized spacial score (nSPS) is 13.8. The van der Waals surface area contributed by atoms with Gasteiger partial charge < -0.3 is 4.98 Å². The predicted octanol–water partition coefficient (Wildman–Crippen LogP) is 3.88. The predicted molar refractivity (Wildman–Crippen MR) is 83.0 cm³/mol. The van der Waals surface area contributed by atoms with E-state index in [0.717, 1.165) is 16.9 Å². The highest BCUT2D eigenvalue weighted by molar-refractivity contribution is 7.71. The summed E-state index contributed by atoms with van der Waals surface area (Å²) < 4.78 is 2.75. The van der Waals surface area contributed by atoms with Crippen LogP contribution in [-0.4, -0.2) is 14.5 Å². The van der Waals surface area contributed by atoms with E-state index in [0.29, 0.717) is 4.77 Å². The molecule has 100 valence electrons. The Morgan fingerprint density at radius 1 is 1.20 bits per heavy atom. The van der Waals surface area contributed by atoms with Gasteiger partial charge in [0.1, 0.15) is 0 Å². The zero-order valence-corrected chi connectivity index (χ0v) is 12.1. The number of rotatable bonds is 1. The first kappa shape index (κ1) is 11.9. The number of aromatic amines is 1. The van der Waals surface area contributed by atoms with Gasteiger partial charge >= 0.3 is 0 Å². The summed E-state index contributed by atoms with van der Waals surface area (Å²) in [5.74, 6) is 0. The minimum absolute atomic E-state index is 0.708. The van der Waals surface area contributed by atoms with Crippen LogP contribution in [0.5, 0.6) is 0 Å². The molecule has 2 aromatic heterocycles. The van der Waals surface area contributed by atoms with Crippen LogP contribution in [-0.2, 0) is 12.8 Å². The highest BCUT2D eigenvalue weighted by atomic mass is 32.1. The standard InChI is InChI=1S/C16H15N3S/c1-10-7-8-17-15-14(10)18-16(20)19(15)13-6-5-11-3-2-4-12(11)9-13/h5-9H,2-4H2,1H3,(H,18,20). The third-order valence-corrected chi connectivity index (χ3v) is 4.41. The fourth-order valence-electron chi connectivity index (χ4n) is 3.06. The van der Waals surface area contributed by atoms with Gasteiger partial charge in [-0.1, -0.05) is 6.07 Å². The van der Waals surface area contributed by atoms with Gasteiger partial charge in [-0.3, -0.25) is 4.57 Å². The van der Waals surface area contributed by atoms with E-state index in [1.807, 2.05) is 16.8 Å². The Balaban J connectivity index is 2.01. The van der Waals surface area contributed by atoms with Crippen molar-refractivity contribution in [2.45, 2.75) is 26.2 Å². The number of imidazole rings is 1. The summed E-state index contributed by atoms with van der Waals surface area (Å²) in [5.41, 5.74) is 7.14. The lowest BCUT2D eigenvalue weighted by atomic mass is 10.1. The van der Waals surface area contributed by atoms with Crippen molar-refractivity contribution >= 4 is 23.4 Å². The van der Waals surface area contributed by atoms with E-state index in [4.69, 9.17) is 12.2 Å². The van der Waals surface area contributed by atoms with E-state index in [9.17, 15) is 0 Å². The molecule has 0 spiro atoms. The summed E-state index contributed by atoms with van der Waals surface area (Å²) in [4.78, 5) is 7.77. The molecule has 3 aromatic rings. The summed E-state index contributed by atoms with van der Waals surface area (Å²) in [5, 5.41) is 0. The van der Waals surface area contributed by atoms with Crippen molar-refractivity contribution in [2.75, 3.05) is 0 Å². The van der Waals surface area contributed by atoms with Crippen molar-refractivity contribution in [3.63, 3.8) is 0 Å². The van der Waals surface area contributed by atoms with Gasteiger partial charge in [-0.15, -0.1) is 0 Å². The minimum Gasteiger partial charge on any atom is -0.329 e. The van der Waals surface area contributed by atoms with Gasteiger partial charge in [0, 0.05) is 6.20 Å². The Bertz CT molecular complexity index is 873. The number of hydrogen-bond acceptors (Lipinski definition) is 2. The lowest BCUT2D eigenvalue weighted by Gasteiger charge is -2.07. The minimum atomic E-state index is 0.708. The quantitative estimate of drug-likeness (QED) is 0.687. The highest BCUT2D eigenvalue weighted by Gasteiger charge is 2.14. The maximum absolute atomic E-state index is 5.49. The van der Waals surface area contributed by atoms with Crippen LogP contribution in [0.1, 0.15) is 23.1 Å². The molecule has 4 rings (SSSR count). The van der Waals surface area contributed by atoms with Crippen LogP contribution in [0.25, 0.3) is 16.9 Å². The van der Waals surface area contributed by atoms with Gasteiger partial charge in [0.15, 0.2) is 10.4 Å². The van der Waals surface area contributed by atoms with Gasteiger partial charge in [0.2, 0.25) is 0 Å². The van der Waals surface area contributed by atoms with E-state index in [-0.39, 0.29) is 0 Å². The van der Waals surface area contributed by atoms with Gasteiger partial charge in [-0.05, 0) is 73.3 Å². The third kappa shape index (κ3) is 1.64. The lowest BCUT2D eigenvalue weighted by Crippen LogP contribution is -1.97. The monoisotopic (exact) mass is 281 g/mol. The van der Waals surface area contributed by atoms with Crippen LogP contribution in [0.15, 0.2) is 30.5 Å². The number of H-pyrrole nitrogens is 1. The molecular weight excluding hydrogens is 266 g/mol. The Morgan fingerprint density at radius 2 is 2.05 bits per heavy atom. The van der Waals surface area contributed by atoms with Crippen LogP contribution in [0.4, 0.5) is 0 Å². The van der Waals surface area contributed by atoms with E-state index >= 15 is 0 Å². The van der Waals surface area contributed by atoms with Crippen LogP contribution in [0.3, 0.4) is 0 Å². The van der Waals surface area contributed by atoms with E-state index in [2.05, 4.69) is 35.1 Å². The Kier molecular flexibility index (Phi) is 2.54. The SMILES string of the molecule is Cc1ccnc2c1[nH]c(=S)n2-c1ccc2c(c1)CCC2. The summed E-state index contributed by atoms with van der Waals surface area (Å²) in [6.45, 7) is 2.07. The Morgan fingerprint density at radius 3 is 2.95 bits per heavy atom. The number of aromatic nitrogens is 3. The number of benzene rings is 1. The molecule has 1 N–H and O–H groups in total. The number of pyridine rings is 1. The molecule has 1 aromatic carbocycles. The average molecular weight is 281 g/mol. The molecule has 1 aliphatic carbocycles. The maximum atomic E-state index is 5.49. The second-order valence-electron chi connectivity index (χ2n) is 5.40. The second-order valence-corrected chi connectivity index (χ2v) is 5.79. The zero-order valence-electron chi connectivity index (χ0n) is 11.3. The summed E-state index contributed by atoms with van der Waals surface area (Å²) >= 11 is 5.49. The molecule has 3 nitrogen and oxygen atoms in total. The molecule has 1 aliphatic rings. The van der Waals surface area contributed by atoms with Crippen molar-refractivity contribution < 1.29 is 0 Å². The molecule has 0 aliphatic heterocycles. The van der Waals surface area contributed by atoms with Crippen LogP contribution >= 0.6 is 12.2 Å². The first-order chi connectivity index (χ1) is 9.74. The molecule has 0 bridgehead atoms. The van der Waals surface area contributed by atoms with E-state index < -0.39 is 0 Å². The fraction of sp³-hybridized carbons (Fsp3) is 0.250. The second kappa shape index (κ2) is 4.28. The number of hydrogen-bond donors (Lipinski definition) is 1. The van der Waals surface area contributed by atoms with E-state index in [1.54, 1.807) is 0 Å². The first-order valence-corrected chi connectivity index (χ1v) is 7.33. The molecule has 2 heterocycles. The zero-order chi connectivity index (χ0) is 13.7. The third-order valence-electron chi connectivity index (χ3n) is 4.13. The van der Waals surface area contributed by atoms with Crippen LogP contribution in [0, 0.1) is 11.7 Å².